The van der Waals surface area contributed by atoms with E-state index in [0.29, 0.717) is 32.0 Å². The Balaban J connectivity index is 2.02. The summed E-state index contributed by atoms with van der Waals surface area (Å²) in [5.41, 5.74) is 7.00. The van der Waals surface area contributed by atoms with Gasteiger partial charge in [0, 0.05) is 23.2 Å². The molecule has 1 aliphatic rings. The average molecular weight is 300 g/mol. The molecule has 0 unspecified atom stereocenters. The van der Waals surface area contributed by atoms with Gasteiger partial charge < -0.3 is 20.7 Å². The fraction of sp³-hybridized carbons (Fsp3) is 0.364. The third-order valence-electron chi connectivity index (χ3n) is 2.53. The number of rotatable bonds is 1. The minimum Gasteiger partial charge on any atom is -0.399 e. The Hall–Kier alpha value is -1.27. The van der Waals surface area contributed by atoms with Crippen molar-refractivity contribution in [2.45, 2.75) is 0 Å². The molecule has 1 heterocycles. The smallest absolute Gasteiger partial charge is 0.322 e. The van der Waals surface area contributed by atoms with Gasteiger partial charge in [-0.15, -0.1) is 0 Å². The maximum absolute atomic E-state index is 11.9. The van der Waals surface area contributed by atoms with Crippen LogP contribution < -0.4 is 11.1 Å². The number of benzene rings is 1. The third kappa shape index (κ3) is 3.10. The molecule has 3 N–H and O–H groups in total. The number of nitrogens with two attached hydrogens (primary N) is 1. The van der Waals surface area contributed by atoms with E-state index in [1.165, 1.54) is 0 Å². The van der Waals surface area contributed by atoms with Crippen molar-refractivity contribution in [1.29, 1.82) is 0 Å². The summed E-state index contributed by atoms with van der Waals surface area (Å²) in [5, 5.41) is 2.84. The van der Waals surface area contributed by atoms with Gasteiger partial charge in [-0.3, -0.25) is 0 Å². The Kier molecular flexibility index (Phi) is 3.86. The predicted octanol–water partition coefficient (Wildman–Crippen LogP) is 1.90. The lowest BCUT2D eigenvalue weighted by Gasteiger charge is -2.27. The lowest BCUT2D eigenvalue weighted by atomic mass is 10.3. The second kappa shape index (κ2) is 5.37. The molecule has 1 saturated heterocycles. The number of nitrogens with zero attached hydrogens (tertiary/aromatic N) is 1. The number of ether oxygens (including phenoxy) is 1. The highest BCUT2D eigenvalue weighted by Crippen LogP contribution is 2.24. The van der Waals surface area contributed by atoms with Crippen molar-refractivity contribution in [2.75, 3.05) is 37.4 Å². The molecule has 0 atom stereocenters. The second-order valence-corrected chi connectivity index (χ2v) is 4.62. The molecule has 1 aromatic rings. The Morgan fingerprint density at radius 2 is 2.12 bits per heavy atom. The molecular formula is C11H14BrN3O2. The van der Waals surface area contributed by atoms with Gasteiger partial charge in [0.05, 0.1) is 18.9 Å². The van der Waals surface area contributed by atoms with Crippen LogP contribution in [0.15, 0.2) is 22.7 Å². The molecule has 1 aromatic carbocycles. The summed E-state index contributed by atoms with van der Waals surface area (Å²) in [6.07, 6.45) is 0. The van der Waals surface area contributed by atoms with Crippen molar-refractivity contribution in [3.63, 3.8) is 0 Å². The third-order valence-corrected chi connectivity index (χ3v) is 3.19. The van der Waals surface area contributed by atoms with Crippen LogP contribution in [0.2, 0.25) is 0 Å². The number of nitrogens with one attached hydrogen (secondary N) is 1. The average Bonchev–Trinajstić information content (AvgIpc) is 2.34. The van der Waals surface area contributed by atoms with Crippen LogP contribution in [0.4, 0.5) is 16.2 Å². The van der Waals surface area contributed by atoms with Gasteiger partial charge in [-0.25, -0.2) is 4.79 Å². The minimum atomic E-state index is -0.112. The van der Waals surface area contributed by atoms with Crippen LogP contribution >= 0.6 is 15.9 Å². The van der Waals surface area contributed by atoms with E-state index in [-0.39, 0.29) is 6.03 Å². The molecule has 0 saturated carbocycles. The van der Waals surface area contributed by atoms with Gasteiger partial charge in [0.2, 0.25) is 0 Å². The fourth-order valence-electron chi connectivity index (χ4n) is 1.59. The van der Waals surface area contributed by atoms with Gasteiger partial charge in [0.15, 0.2) is 0 Å². The summed E-state index contributed by atoms with van der Waals surface area (Å²) in [5.74, 6) is 0. The van der Waals surface area contributed by atoms with Gasteiger partial charge in [-0.05, 0) is 34.1 Å². The van der Waals surface area contributed by atoms with Crippen LogP contribution in [0, 0.1) is 0 Å². The molecule has 2 rings (SSSR count). The van der Waals surface area contributed by atoms with E-state index >= 15 is 0 Å². The van der Waals surface area contributed by atoms with Gasteiger partial charge >= 0.3 is 6.03 Å². The first kappa shape index (κ1) is 12.2. The zero-order chi connectivity index (χ0) is 12.3. The van der Waals surface area contributed by atoms with E-state index in [0.717, 1.165) is 10.2 Å². The molecule has 0 aliphatic carbocycles. The van der Waals surface area contributed by atoms with Crippen LogP contribution in [0.3, 0.4) is 0 Å². The Labute approximate surface area is 108 Å². The second-order valence-electron chi connectivity index (χ2n) is 3.77. The van der Waals surface area contributed by atoms with Crippen LogP contribution in [-0.4, -0.2) is 37.2 Å². The number of halogens is 1. The highest BCUT2D eigenvalue weighted by Gasteiger charge is 2.17. The molecule has 2 amide bonds. The van der Waals surface area contributed by atoms with Gasteiger partial charge in [-0.1, -0.05) is 0 Å². The molecule has 0 bridgehead atoms. The summed E-state index contributed by atoms with van der Waals surface area (Å²) in [7, 11) is 0. The molecule has 1 fully saturated rings. The molecular weight excluding hydrogens is 286 g/mol. The molecule has 0 radical (unpaired) electrons. The molecule has 0 spiro atoms. The van der Waals surface area contributed by atoms with Crippen molar-refractivity contribution < 1.29 is 9.53 Å². The van der Waals surface area contributed by atoms with E-state index in [9.17, 15) is 4.79 Å². The van der Waals surface area contributed by atoms with Crippen molar-refractivity contribution in [3.8, 4) is 0 Å². The lowest BCUT2D eigenvalue weighted by Crippen LogP contribution is -2.43. The van der Waals surface area contributed by atoms with Crippen LogP contribution in [0.1, 0.15) is 0 Å². The van der Waals surface area contributed by atoms with Gasteiger partial charge in [0.25, 0.3) is 0 Å². The highest BCUT2D eigenvalue weighted by molar-refractivity contribution is 9.10. The predicted molar refractivity (Wildman–Crippen MR) is 70.0 cm³/mol. The fourth-order valence-corrected chi connectivity index (χ4v) is 2.09. The van der Waals surface area contributed by atoms with Crippen molar-refractivity contribution >= 4 is 33.3 Å². The van der Waals surface area contributed by atoms with Crippen LogP contribution in [0.5, 0.6) is 0 Å². The number of hydrogen-bond donors (Lipinski definition) is 2. The first-order chi connectivity index (χ1) is 8.16. The molecule has 17 heavy (non-hydrogen) atoms. The lowest BCUT2D eigenvalue weighted by molar-refractivity contribution is 0.0564. The Morgan fingerprint density at radius 3 is 2.76 bits per heavy atom. The zero-order valence-electron chi connectivity index (χ0n) is 9.28. The van der Waals surface area contributed by atoms with E-state index in [1.54, 1.807) is 23.1 Å². The number of carbonyl (C=O) groups excluding carboxylic acids is 1. The van der Waals surface area contributed by atoms with E-state index in [4.69, 9.17) is 10.5 Å². The van der Waals surface area contributed by atoms with Crippen LogP contribution in [-0.2, 0) is 4.74 Å². The summed E-state index contributed by atoms with van der Waals surface area (Å²) < 4.78 is 5.97. The maximum atomic E-state index is 11.9. The Bertz CT molecular complexity index is 419. The summed E-state index contributed by atoms with van der Waals surface area (Å²) in [6.45, 7) is 2.43. The number of hydrogen-bond acceptors (Lipinski definition) is 3. The quantitative estimate of drug-likeness (QED) is 0.778. The molecule has 1 aliphatic heterocycles. The topological polar surface area (TPSA) is 67.6 Å². The summed E-state index contributed by atoms with van der Waals surface area (Å²) in [4.78, 5) is 13.6. The number of morpholine rings is 1. The number of urea groups is 1. The molecule has 0 aromatic heterocycles. The number of carbonyl (C=O) groups is 1. The number of amides is 2. The van der Waals surface area contributed by atoms with Crippen LogP contribution in [0.25, 0.3) is 0 Å². The normalized spacial score (nSPS) is 15.7. The molecule has 5 nitrogen and oxygen atoms in total. The Morgan fingerprint density at radius 1 is 1.41 bits per heavy atom. The van der Waals surface area contributed by atoms with Crippen molar-refractivity contribution in [1.82, 2.24) is 4.90 Å². The van der Waals surface area contributed by atoms with Crippen molar-refractivity contribution in [2.24, 2.45) is 0 Å². The van der Waals surface area contributed by atoms with E-state index < -0.39 is 0 Å². The summed E-state index contributed by atoms with van der Waals surface area (Å²) >= 11 is 3.36. The van der Waals surface area contributed by atoms with E-state index in [2.05, 4.69) is 21.2 Å². The van der Waals surface area contributed by atoms with Crippen molar-refractivity contribution in [3.05, 3.63) is 22.7 Å². The zero-order valence-corrected chi connectivity index (χ0v) is 10.9. The molecule has 92 valence electrons. The number of anilines is 2. The molecule has 6 heteroatoms. The van der Waals surface area contributed by atoms with Gasteiger partial charge in [-0.2, -0.15) is 0 Å². The highest BCUT2D eigenvalue weighted by atomic mass is 79.9. The van der Waals surface area contributed by atoms with Gasteiger partial charge in [0.1, 0.15) is 0 Å². The minimum absolute atomic E-state index is 0.112. The monoisotopic (exact) mass is 299 g/mol. The maximum Gasteiger partial charge on any atom is 0.322 e. The largest absolute Gasteiger partial charge is 0.399 e. The summed E-state index contributed by atoms with van der Waals surface area (Å²) in [6, 6.07) is 5.17. The number of nitrogen functional groups attached to an aromatic ring is 1. The SMILES string of the molecule is Nc1ccc(NC(=O)N2CCOCC2)c(Br)c1. The first-order valence-electron chi connectivity index (χ1n) is 5.35. The first-order valence-corrected chi connectivity index (χ1v) is 6.15. The van der Waals surface area contributed by atoms with E-state index in [1.807, 2.05) is 0 Å². The standard InChI is InChI=1S/C11H14BrN3O2/c12-9-7-8(13)1-2-10(9)14-11(16)15-3-5-17-6-4-15/h1-2,7H,3-6,13H2,(H,14,16).